The summed E-state index contributed by atoms with van der Waals surface area (Å²) in [7, 11) is 2.56. The summed E-state index contributed by atoms with van der Waals surface area (Å²) < 4.78 is 9.60. The minimum Gasteiger partial charge on any atom is -0.453 e. The molecule has 59 heavy (non-hydrogen) atoms. The molecular weight excluding hydrogens is 751 g/mol. The van der Waals surface area contributed by atoms with Crippen molar-refractivity contribution in [3.05, 3.63) is 102 Å². The number of imidazole rings is 2. The van der Waals surface area contributed by atoms with Crippen LogP contribution in [0.25, 0.3) is 44.3 Å². The quantitative estimate of drug-likeness (QED) is 0.114. The summed E-state index contributed by atoms with van der Waals surface area (Å²) >= 11 is 0. The number of alkyl carbamates (subject to hydrolysis) is 2. The van der Waals surface area contributed by atoms with E-state index in [0.717, 1.165) is 75.8 Å². The maximum atomic E-state index is 13.9. The average Bonchev–Trinajstić information content (AvgIpc) is 4.10. The number of nitrogens with zero attached hydrogens (tertiary/aromatic N) is 5. The number of likely N-dealkylation sites (tertiary alicyclic amines) is 2. The molecular formula is C44H47N9O6. The molecule has 2 fully saturated rings. The van der Waals surface area contributed by atoms with E-state index < -0.39 is 24.3 Å². The summed E-state index contributed by atoms with van der Waals surface area (Å²) in [6, 6.07) is 21.4. The molecule has 5 heterocycles. The highest BCUT2D eigenvalue weighted by molar-refractivity contribution is 5.90. The molecule has 15 heteroatoms. The molecule has 3 aromatic heterocycles. The van der Waals surface area contributed by atoms with E-state index in [9.17, 15) is 19.2 Å². The number of carbonyl (C=O) groups excluding carboxylic acids is 4. The van der Waals surface area contributed by atoms with E-state index in [2.05, 4.69) is 44.9 Å². The lowest BCUT2D eigenvalue weighted by Gasteiger charge is -2.29. The number of hydrogen-bond donors (Lipinski definition) is 4. The molecule has 0 unspecified atom stereocenters. The molecule has 0 saturated carbocycles. The van der Waals surface area contributed by atoms with E-state index in [1.54, 1.807) is 11.1 Å². The van der Waals surface area contributed by atoms with Crippen molar-refractivity contribution >= 4 is 45.9 Å². The van der Waals surface area contributed by atoms with E-state index in [0.29, 0.717) is 24.5 Å². The number of pyridine rings is 1. The molecule has 4 N–H and O–H groups in total. The van der Waals surface area contributed by atoms with Gasteiger partial charge in [-0.1, -0.05) is 62.4 Å². The Labute approximate surface area is 340 Å². The SMILES string of the molecule is COC(=O)N[C@H](C(=O)N1CCC[C@H]1c1nc2ccc(-c3ccc4cc(-c5cnc([C@@H]6CCCN6C(=O)[C@H](NC(=O)OC)c6ccccc6)[nH]5)cnc4c3)cc2[nH]1)C(C)C. The van der Waals surface area contributed by atoms with Gasteiger partial charge in [0.25, 0.3) is 5.91 Å². The van der Waals surface area contributed by atoms with Crippen molar-refractivity contribution in [3.8, 4) is 22.4 Å². The molecule has 0 bridgehead atoms. The van der Waals surface area contributed by atoms with Gasteiger partial charge in [-0.05, 0) is 72.6 Å². The first-order chi connectivity index (χ1) is 28.6. The van der Waals surface area contributed by atoms with Gasteiger partial charge in [0.1, 0.15) is 23.7 Å². The Kier molecular flexibility index (Phi) is 11.0. The molecule has 2 aliphatic heterocycles. The minimum absolute atomic E-state index is 0.117. The van der Waals surface area contributed by atoms with Crippen LogP contribution in [0.1, 0.15) is 74.9 Å². The summed E-state index contributed by atoms with van der Waals surface area (Å²) in [4.78, 5) is 76.7. The molecule has 2 saturated heterocycles. The van der Waals surface area contributed by atoms with Crippen LogP contribution in [0.15, 0.2) is 85.2 Å². The molecule has 4 atom stereocenters. The summed E-state index contributed by atoms with van der Waals surface area (Å²) in [5.41, 5.74) is 6.80. The van der Waals surface area contributed by atoms with Gasteiger partial charge in [-0.2, -0.15) is 0 Å². The molecule has 0 radical (unpaired) electrons. The first-order valence-corrected chi connectivity index (χ1v) is 19.9. The predicted molar refractivity (Wildman–Crippen MR) is 221 cm³/mol. The number of carbonyl (C=O) groups is 4. The fourth-order valence-electron chi connectivity index (χ4n) is 8.25. The number of aromatic nitrogens is 5. The normalized spacial score (nSPS) is 17.6. The number of rotatable bonds is 10. The van der Waals surface area contributed by atoms with E-state index in [1.807, 2.05) is 73.5 Å². The van der Waals surface area contributed by atoms with Gasteiger partial charge in [0.2, 0.25) is 5.91 Å². The van der Waals surface area contributed by atoms with Crippen molar-refractivity contribution in [2.24, 2.45) is 5.92 Å². The van der Waals surface area contributed by atoms with Gasteiger partial charge in [0.05, 0.1) is 54.7 Å². The monoisotopic (exact) mass is 797 g/mol. The molecule has 0 spiro atoms. The van der Waals surface area contributed by atoms with E-state index in [1.165, 1.54) is 14.2 Å². The van der Waals surface area contributed by atoms with E-state index >= 15 is 0 Å². The van der Waals surface area contributed by atoms with Crippen LogP contribution in [-0.2, 0) is 19.1 Å². The number of ether oxygens (including phenoxy) is 2. The number of nitrogens with one attached hydrogen (secondary N) is 4. The number of H-pyrrole nitrogens is 2. The number of aromatic amines is 2. The van der Waals surface area contributed by atoms with Crippen LogP contribution in [0, 0.1) is 5.92 Å². The second-order valence-electron chi connectivity index (χ2n) is 15.4. The molecule has 15 nitrogen and oxygen atoms in total. The summed E-state index contributed by atoms with van der Waals surface area (Å²) in [5.74, 6) is 0.900. The second-order valence-corrected chi connectivity index (χ2v) is 15.4. The Hall–Kier alpha value is -6.77. The van der Waals surface area contributed by atoms with Gasteiger partial charge in [-0.3, -0.25) is 14.6 Å². The maximum absolute atomic E-state index is 13.9. The van der Waals surface area contributed by atoms with Crippen LogP contribution in [0.4, 0.5) is 9.59 Å². The maximum Gasteiger partial charge on any atom is 0.407 e. The number of hydrogen-bond acceptors (Lipinski definition) is 9. The van der Waals surface area contributed by atoms with E-state index in [-0.39, 0.29) is 29.8 Å². The van der Waals surface area contributed by atoms with E-state index in [4.69, 9.17) is 24.4 Å². The molecule has 8 rings (SSSR count). The van der Waals surface area contributed by atoms with Gasteiger partial charge in [0.15, 0.2) is 0 Å². The molecule has 304 valence electrons. The second kappa shape index (κ2) is 16.6. The van der Waals surface area contributed by atoms with Crippen LogP contribution < -0.4 is 10.6 Å². The van der Waals surface area contributed by atoms with Gasteiger partial charge in [-0.25, -0.2) is 19.6 Å². The Balaban J connectivity index is 0.985. The summed E-state index contributed by atoms with van der Waals surface area (Å²) in [6.45, 7) is 4.92. The molecule has 4 amide bonds. The summed E-state index contributed by atoms with van der Waals surface area (Å²) in [6.07, 6.45) is 5.41. The van der Waals surface area contributed by atoms with Crippen molar-refractivity contribution in [2.45, 2.75) is 63.7 Å². The number of fused-ring (bicyclic) bond motifs is 2. The van der Waals surface area contributed by atoms with Gasteiger partial charge >= 0.3 is 12.2 Å². The highest BCUT2D eigenvalue weighted by Crippen LogP contribution is 2.36. The largest absolute Gasteiger partial charge is 0.453 e. The van der Waals surface area contributed by atoms with Crippen molar-refractivity contribution in [2.75, 3.05) is 27.3 Å². The topological polar surface area (TPSA) is 188 Å². The average molecular weight is 798 g/mol. The molecule has 6 aromatic rings. The number of benzene rings is 3. The van der Waals surface area contributed by atoms with Gasteiger partial charge < -0.3 is 39.9 Å². The fraction of sp³-hybridized carbons (Fsp3) is 0.341. The predicted octanol–water partition coefficient (Wildman–Crippen LogP) is 6.97. The third kappa shape index (κ3) is 7.92. The molecule has 2 aliphatic rings. The van der Waals surface area contributed by atoms with Crippen LogP contribution >= 0.6 is 0 Å². The number of amides is 4. The lowest BCUT2D eigenvalue weighted by Crippen LogP contribution is -2.51. The first-order valence-electron chi connectivity index (χ1n) is 19.9. The first kappa shape index (κ1) is 39.1. The zero-order chi connectivity index (χ0) is 41.2. The Morgan fingerprint density at radius 1 is 0.712 bits per heavy atom. The third-order valence-electron chi connectivity index (χ3n) is 11.3. The zero-order valence-corrected chi connectivity index (χ0v) is 33.4. The van der Waals surface area contributed by atoms with Crippen molar-refractivity contribution < 1.29 is 28.7 Å². The van der Waals surface area contributed by atoms with Gasteiger partial charge in [0, 0.05) is 30.2 Å². The zero-order valence-electron chi connectivity index (χ0n) is 33.4. The lowest BCUT2D eigenvalue weighted by molar-refractivity contribution is -0.135. The smallest absolute Gasteiger partial charge is 0.407 e. The van der Waals surface area contributed by atoms with Crippen molar-refractivity contribution in [3.63, 3.8) is 0 Å². The number of methoxy groups -OCH3 is 2. The van der Waals surface area contributed by atoms with Crippen LogP contribution in [0.2, 0.25) is 0 Å². The molecule has 0 aliphatic carbocycles. The summed E-state index contributed by atoms with van der Waals surface area (Å²) in [5, 5.41) is 6.37. The van der Waals surface area contributed by atoms with Crippen LogP contribution in [0.3, 0.4) is 0 Å². The van der Waals surface area contributed by atoms with Gasteiger partial charge in [-0.15, -0.1) is 0 Å². The van der Waals surface area contributed by atoms with Crippen molar-refractivity contribution in [1.82, 2.24) is 45.4 Å². The van der Waals surface area contributed by atoms with Crippen LogP contribution in [0.5, 0.6) is 0 Å². The standard InChI is InChI=1S/C44H47N9O6/c1-25(2)37(50-43(56)58-3)41(54)53-19-9-13-36(53)40-47-31-17-16-28(22-33(31)48-40)27-14-15-29-20-30(23-45-32(29)21-27)34-24-46-39(49-34)35-12-8-18-52(35)42(55)38(51-44(57)59-4)26-10-6-5-7-11-26/h5-7,10-11,14-17,20-25,35-38H,8-9,12-13,18-19H2,1-4H3,(H,46,49)(H,47,48)(H,50,56)(H,51,57)/t35-,36-,37-,38+/m0/s1. The highest BCUT2D eigenvalue weighted by Gasteiger charge is 2.39. The Morgan fingerprint density at radius 2 is 1.39 bits per heavy atom. The third-order valence-corrected chi connectivity index (χ3v) is 11.3. The fourth-order valence-corrected chi connectivity index (χ4v) is 8.25. The van der Waals surface area contributed by atoms with Crippen molar-refractivity contribution in [1.29, 1.82) is 0 Å². The lowest BCUT2D eigenvalue weighted by atomic mass is 10.0. The minimum atomic E-state index is -0.894. The Morgan fingerprint density at radius 3 is 2.12 bits per heavy atom. The van der Waals surface area contributed by atoms with Crippen LogP contribution in [-0.4, -0.2) is 92.1 Å². The molecule has 3 aromatic carbocycles. The Bertz CT molecular complexity index is 2520. The highest BCUT2D eigenvalue weighted by atomic mass is 16.5.